The van der Waals surface area contributed by atoms with Crippen molar-refractivity contribution in [2.45, 2.75) is 11.8 Å². The van der Waals surface area contributed by atoms with Gasteiger partial charge in [-0.05, 0) is 55.5 Å². The average Bonchev–Trinajstić information content (AvgIpc) is 3.13. The maximum atomic E-state index is 11.6. The van der Waals surface area contributed by atoms with E-state index in [0.717, 1.165) is 34.0 Å². The molecule has 7 heteroatoms. The van der Waals surface area contributed by atoms with E-state index < -0.39 is 9.84 Å². The highest BCUT2D eigenvalue weighted by molar-refractivity contribution is 7.90. The van der Waals surface area contributed by atoms with Crippen molar-refractivity contribution in [1.29, 1.82) is 0 Å². The summed E-state index contributed by atoms with van der Waals surface area (Å²) < 4.78 is 25.2. The predicted octanol–water partition coefficient (Wildman–Crippen LogP) is 3.85. The molecule has 3 heterocycles. The van der Waals surface area contributed by atoms with Gasteiger partial charge in [-0.1, -0.05) is 0 Å². The van der Waals surface area contributed by atoms with Crippen molar-refractivity contribution in [3.63, 3.8) is 0 Å². The molecule has 0 fully saturated rings. The number of nitrogens with one attached hydrogen (secondary N) is 1. The third kappa shape index (κ3) is 3.41. The van der Waals surface area contributed by atoms with Crippen molar-refractivity contribution < 1.29 is 8.42 Å². The van der Waals surface area contributed by atoms with Crippen molar-refractivity contribution in [2.24, 2.45) is 0 Å². The number of sulfone groups is 1. The molecule has 0 spiro atoms. The van der Waals surface area contributed by atoms with Crippen LogP contribution in [0, 0.1) is 6.92 Å². The van der Waals surface area contributed by atoms with Crippen LogP contribution in [0.1, 0.15) is 5.69 Å². The summed E-state index contributed by atoms with van der Waals surface area (Å²) >= 11 is 0. The van der Waals surface area contributed by atoms with Gasteiger partial charge in [-0.3, -0.25) is 9.38 Å². The van der Waals surface area contributed by atoms with E-state index in [9.17, 15) is 8.42 Å². The molecule has 0 unspecified atom stereocenters. The Labute approximate surface area is 157 Å². The highest BCUT2D eigenvalue weighted by atomic mass is 32.2. The molecule has 136 valence electrons. The van der Waals surface area contributed by atoms with Gasteiger partial charge in [-0.25, -0.2) is 13.4 Å². The minimum atomic E-state index is -3.21. The molecule has 0 amide bonds. The van der Waals surface area contributed by atoms with E-state index >= 15 is 0 Å². The molecular formula is C20H18N4O2S. The Morgan fingerprint density at radius 3 is 2.41 bits per heavy atom. The maximum absolute atomic E-state index is 11.6. The quantitative estimate of drug-likeness (QED) is 0.584. The number of hydrogen-bond donors (Lipinski definition) is 1. The second kappa shape index (κ2) is 6.51. The highest BCUT2D eigenvalue weighted by Gasteiger charge is 2.10. The van der Waals surface area contributed by atoms with Gasteiger partial charge in [-0.2, -0.15) is 0 Å². The van der Waals surface area contributed by atoms with Crippen LogP contribution in [0.3, 0.4) is 0 Å². The lowest BCUT2D eigenvalue weighted by Crippen LogP contribution is -1.99. The highest BCUT2D eigenvalue weighted by Crippen LogP contribution is 2.27. The molecule has 0 aliphatic rings. The molecule has 1 aromatic carbocycles. The number of aryl methyl sites for hydroxylation is 1. The number of hydrogen-bond acceptors (Lipinski definition) is 5. The van der Waals surface area contributed by atoms with Crippen LogP contribution in [0.15, 0.2) is 72.0 Å². The van der Waals surface area contributed by atoms with E-state index in [0.29, 0.717) is 4.90 Å². The first kappa shape index (κ1) is 17.2. The largest absolute Gasteiger partial charge is 0.352 e. The van der Waals surface area contributed by atoms with Gasteiger partial charge in [0.05, 0.1) is 16.3 Å². The van der Waals surface area contributed by atoms with E-state index in [2.05, 4.69) is 15.3 Å². The van der Waals surface area contributed by atoms with Crippen LogP contribution in [0.4, 0.5) is 11.4 Å². The summed E-state index contributed by atoms with van der Waals surface area (Å²) in [5.41, 5.74) is 5.37. The van der Waals surface area contributed by atoms with Crippen molar-refractivity contribution in [1.82, 2.24) is 14.4 Å². The molecule has 0 radical (unpaired) electrons. The van der Waals surface area contributed by atoms with E-state index in [1.54, 1.807) is 30.5 Å². The Bertz CT molecular complexity index is 1210. The van der Waals surface area contributed by atoms with Crippen LogP contribution in [0.5, 0.6) is 0 Å². The lowest BCUT2D eigenvalue weighted by molar-refractivity contribution is 0.602. The number of anilines is 2. The Kier molecular flexibility index (Phi) is 4.16. The van der Waals surface area contributed by atoms with Crippen LogP contribution < -0.4 is 5.32 Å². The van der Waals surface area contributed by atoms with E-state index in [1.165, 1.54) is 6.26 Å². The zero-order valence-corrected chi connectivity index (χ0v) is 15.7. The Morgan fingerprint density at radius 1 is 0.963 bits per heavy atom. The minimum absolute atomic E-state index is 0.293. The molecule has 0 aliphatic heterocycles. The zero-order valence-electron chi connectivity index (χ0n) is 14.9. The number of imidazole rings is 1. The molecule has 6 nitrogen and oxygen atoms in total. The molecule has 4 rings (SSSR count). The molecule has 0 aliphatic carbocycles. The third-order valence-corrected chi connectivity index (χ3v) is 5.45. The maximum Gasteiger partial charge on any atom is 0.175 e. The number of nitrogens with zero attached hydrogens (tertiary/aromatic N) is 3. The SMILES string of the molecule is Cc1ccc(-c2ccc(Nc3ccc(S(C)(=O)=O)cc3)c3nccn23)cn1. The van der Waals surface area contributed by atoms with Gasteiger partial charge in [-0.15, -0.1) is 0 Å². The molecule has 0 saturated heterocycles. The van der Waals surface area contributed by atoms with Crippen molar-refractivity contribution in [2.75, 3.05) is 11.6 Å². The van der Waals surface area contributed by atoms with Crippen LogP contribution in [-0.4, -0.2) is 29.0 Å². The van der Waals surface area contributed by atoms with Gasteiger partial charge in [0.15, 0.2) is 15.5 Å². The van der Waals surface area contributed by atoms with E-state index in [-0.39, 0.29) is 0 Å². The topological polar surface area (TPSA) is 76.4 Å². The monoisotopic (exact) mass is 378 g/mol. The molecule has 27 heavy (non-hydrogen) atoms. The first-order valence-electron chi connectivity index (χ1n) is 8.38. The van der Waals surface area contributed by atoms with Crippen molar-refractivity contribution in [3.8, 4) is 11.3 Å². The molecule has 3 aromatic heterocycles. The van der Waals surface area contributed by atoms with Crippen molar-refractivity contribution in [3.05, 3.63) is 72.8 Å². The number of pyridine rings is 2. The standard InChI is InChI=1S/C20H18N4O2S/c1-14-3-4-15(13-22-14)19-10-9-18(20-21-11-12-24(19)20)23-16-5-7-17(8-6-16)27(2,25)26/h3-13,23H,1-2H3. The van der Waals surface area contributed by atoms with Gasteiger partial charge in [0.1, 0.15) is 0 Å². The van der Waals surface area contributed by atoms with Gasteiger partial charge < -0.3 is 5.32 Å². The van der Waals surface area contributed by atoms with Crippen LogP contribution in [0.2, 0.25) is 0 Å². The number of rotatable bonds is 4. The second-order valence-electron chi connectivity index (χ2n) is 6.36. The second-order valence-corrected chi connectivity index (χ2v) is 8.38. The lowest BCUT2D eigenvalue weighted by atomic mass is 10.1. The summed E-state index contributed by atoms with van der Waals surface area (Å²) in [5, 5.41) is 3.31. The van der Waals surface area contributed by atoms with Gasteiger partial charge in [0.25, 0.3) is 0 Å². The lowest BCUT2D eigenvalue weighted by Gasteiger charge is -2.12. The molecular weight excluding hydrogens is 360 g/mol. The third-order valence-electron chi connectivity index (χ3n) is 4.32. The Balaban J connectivity index is 1.71. The fourth-order valence-corrected chi connectivity index (χ4v) is 3.54. The summed E-state index contributed by atoms with van der Waals surface area (Å²) in [6.45, 7) is 1.96. The number of fused-ring (bicyclic) bond motifs is 1. The molecule has 4 aromatic rings. The van der Waals surface area contributed by atoms with Crippen LogP contribution in [0.25, 0.3) is 16.9 Å². The fourth-order valence-electron chi connectivity index (χ4n) is 2.91. The normalized spacial score (nSPS) is 11.6. The smallest absolute Gasteiger partial charge is 0.175 e. The summed E-state index contributed by atoms with van der Waals surface area (Å²) in [4.78, 5) is 9.12. The van der Waals surface area contributed by atoms with E-state index in [4.69, 9.17) is 0 Å². The molecule has 1 N–H and O–H groups in total. The molecule has 0 bridgehead atoms. The van der Waals surface area contributed by atoms with Crippen LogP contribution in [-0.2, 0) is 9.84 Å². The number of aromatic nitrogens is 3. The van der Waals surface area contributed by atoms with Gasteiger partial charge in [0, 0.05) is 41.8 Å². The minimum Gasteiger partial charge on any atom is -0.352 e. The Morgan fingerprint density at radius 2 is 1.74 bits per heavy atom. The van der Waals surface area contributed by atoms with Gasteiger partial charge in [0.2, 0.25) is 0 Å². The summed E-state index contributed by atoms with van der Waals surface area (Å²) in [7, 11) is -3.21. The number of benzene rings is 1. The summed E-state index contributed by atoms with van der Waals surface area (Å²) in [6.07, 6.45) is 6.70. The first-order valence-corrected chi connectivity index (χ1v) is 10.3. The zero-order chi connectivity index (χ0) is 19.0. The van der Waals surface area contributed by atoms with Gasteiger partial charge >= 0.3 is 0 Å². The summed E-state index contributed by atoms with van der Waals surface area (Å²) in [6, 6.07) is 14.7. The van der Waals surface area contributed by atoms with E-state index in [1.807, 2.05) is 48.0 Å². The summed E-state index contributed by atoms with van der Waals surface area (Å²) in [5.74, 6) is 0. The molecule has 0 saturated carbocycles. The fraction of sp³-hybridized carbons (Fsp3) is 0.100. The predicted molar refractivity (Wildman–Crippen MR) is 106 cm³/mol. The van der Waals surface area contributed by atoms with Crippen LogP contribution >= 0.6 is 0 Å². The first-order chi connectivity index (χ1) is 12.9. The van der Waals surface area contributed by atoms with Crippen molar-refractivity contribution >= 4 is 26.9 Å². The molecule has 0 atom stereocenters. The average molecular weight is 378 g/mol. The Hall–Kier alpha value is -3.19.